The largest absolute Gasteiger partial charge is 0.315 e. The monoisotopic (exact) mass is 117 g/mol. The van der Waals surface area contributed by atoms with Gasteiger partial charge in [0.15, 0.2) is 0 Å². The first kappa shape index (κ1) is 7.88. The van der Waals surface area contributed by atoms with E-state index in [4.69, 9.17) is 5.73 Å². The van der Waals surface area contributed by atoms with Gasteiger partial charge in [-0.2, -0.15) is 0 Å². The van der Waals surface area contributed by atoms with Crippen molar-refractivity contribution in [1.82, 2.24) is 10.0 Å². The average molecular weight is 117 g/mol. The molecule has 0 aromatic heterocycles. The Balaban J connectivity index is 3.46. The van der Waals surface area contributed by atoms with Crippen LogP contribution in [0.15, 0.2) is 0 Å². The van der Waals surface area contributed by atoms with Crippen molar-refractivity contribution >= 4 is 0 Å². The van der Waals surface area contributed by atoms with Gasteiger partial charge in [-0.1, -0.05) is 0 Å². The standard InChI is InChI=1S/C5H15N3/c1-5(6)8(4)7(2)3/h5H,6H2,1-4H3. The Kier molecular flexibility index (Phi) is 2.97. The summed E-state index contributed by atoms with van der Waals surface area (Å²) >= 11 is 0. The summed E-state index contributed by atoms with van der Waals surface area (Å²) in [4.78, 5) is 0. The Labute approximate surface area is 51.0 Å². The fourth-order valence-electron chi connectivity index (χ4n) is 0.364. The molecule has 3 nitrogen and oxygen atoms in total. The molecule has 8 heavy (non-hydrogen) atoms. The van der Waals surface area contributed by atoms with Crippen LogP contribution in [0.3, 0.4) is 0 Å². The minimum atomic E-state index is 0.102. The van der Waals surface area contributed by atoms with Crippen LogP contribution in [-0.4, -0.2) is 37.3 Å². The predicted octanol–water partition coefficient (Wildman–Crippen LogP) is -0.300. The van der Waals surface area contributed by atoms with Crippen molar-refractivity contribution in [3.05, 3.63) is 0 Å². The number of nitrogens with zero attached hydrogens (tertiary/aromatic N) is 2. The second-order valence-corrected chi connectivity index (χ2v) is 2.16. The van der Waals surface area contributed by atoms with E-state index in [1.807, 2.05) is 38.1 Å². The Bertz CT molecular complexity index is 52.7. The number of hydrogen-bond acceptors (Lipinski definition) is 3. The third kappa shape index (κ3) is 2.26. The van der Waals surface area contributed by atoms with Crippen molar-refractivity contribution in [2.24, 2.45) is 5.73 Å². The van der Waals surface area contributed by atoms with Crippen molar-refractivity contribution < 1.29 is 0 Å². The van der Waals surface area contributed by atoms with Crippen molar-refractivity contribution in [1.29, 1.82) is 0 Å². The van der Waals surface area contributed by atoms with E-state index < -0.39 is 0 Å². The van der Waals surface area contributed by atoms with Gasteiger partial charge >= 0.3 is 0 Å². The van der Waals surface area contributed by atoms with E-state index in [1.165, 1.54) is 0 Å². The van der Waals surface area contributed by atoms with Crippen molar-refractivity contribution in [3.63, 3.8) is 0 Å². The van der Waals surface area contributed by atoms with Crippen LogP contribution < -0.4 is 5.73 Å². The zero-order valence-corrected chi connectivity index (χ0v) is 6.05. The molecule has 0 bridgehead atoms. The lowest BCUT2D eigenvalue weighted by Crippen LogP contribution is -2.44. The zero-order chi connectivity index (χ0) is 6.73. The lowest BCUT2D eigenvalue weighted by Gasteiger charge is -2.27. The van der Waals surface area contributed by atoms with Crippen LogP contribution in [0, 0.1) is 0 Å². The van der Waals surface area contributed by atoms with Gasteiger partial charge in [-0.15, -0.1) is 0 Å². The van der Waals surface area contributed by atoms with Crippen molar-refractivity contribution in [2.75, 3.05) is 21.1 Å². The van der Waals surface area contributed by atoms with Gasteiger partial charge in [-0.05, 0) is 6.92 Å². The highest BCUT2D eigenvalue weighted by atomic mass is 15.6. The number of hydrazine groups is 1. The molecule has 0 amide bonds. The number of hydrogen-bond donors (Lipinski definition) is 1. The molecule has 0 rings (SSSR count). The second kappa shape index (κ2) is 3.02. The molecule has 0 fully saturated rings. The van der Waals surface area contributed by atoms with Gasteiger partial charge in [0.2, 0.25) is 0 Å². The van der Waals surface area contributed by atoms with Crippen LogP contribution in [0.1, 0.15) is 6.92 Å². The fourth-order valence-corrected chi connectivity index (χ4v) is 0.364. The lowest BCUT2D eigenvalue weighted by atomic mass is 10.6. The molecule has 0 radical (unpaired) electrons. The van der Waals surface area contributed by atoms with E-state index in [0.717, 1.165) is 0 Å². The summed E-state index contributed by atoms with van der Waals surface area (Å²) in [5.41, 5.74) is 5.52. The first-order valence-corrected chi connectivity index (χ1v) is 2.71. The average Bonchev–Trinajstić information content (AvgIpc) is 1.64. The summed E-state index contributed by atoms with van der Waals surface area (Å²) in [5, 5.41) is 3.89. The molecule has 2 N–H and O–H groups in total. The van der Waals surface area contributed by atoms with Gasteiger partial charge in [-0.25, -0.2) is 10.0 Å². The summed E-state index contributed by atoms with van der Waals surface area (Å²) in [5.74, 6) is 0. The van der Waals surface area contributed by atoms with Gasteiger partial charge in [-0.3, -0.25) is 0 Å². The number of nitrogens with two attached hydrogens (primary N) is 1. The van der Waals surface area contributed by atoms with E-state index in [0.29, 0.717) is 0 Å². The maximum absolute atomic E-state index is 5.52. The summed E-state index contributed by atoms with van der Waals surface area (Å²) < 4.78 is 0. The van der Waals surface area contributed by atoms with E-state index >= 15 is 0 Å². The molecule has 0 aromatic rings. The van der Waals surface area contributed by atoms with Gasteiger partial charge < -0.3 is 5.73 Å². The molecular formula is C5H15N3. The highest BCUT2D eigenvalue weighted by Gasteiger charge is 2.02. The molecule has 0 aromatic carbocycles. The fraction of sp³-hybridized carbons (Fsp3) is 1.00. The minimum absolute atomic E-state index is 0.102. The van der Waals surface area contributed by atoms with Gasteiger partial charge in [0.1, 0.15) is 0 Å². The predicted molar refractivity (Wildman–Crippen MR) is 35.1 cm³/mol. The molecule has 0 saturated heterocycles. The summed E-state index contributed by atoms with van der Waals surface area (Å²) in [7, 11) is 5.87. The number of rotatable bonds is 2. The highest BCUT2D eigenvalue weighted by molar-refractivity contribution is 4.46. The molecule has 0 aliphatic carbocycles. The summed E-state index contributed by atoms with van der Waals surface area (Å²) in [6, 6.07) is 0. The molecule has 0 heterocycles. The molecule has 0 aliphatic heterocycles. The van der Waals surface area contributed by atoms with Crippen LogP contribution >= 0.6 is 0 Å². The molecule has 50 valence electrons. The van der Waals surface area contributed by atoms with E-state index in [9.17, 15) is 0 Å². The maximum Gasteiger partial charge on any atom is 0.0678 e. The van der Waals surface area contributed by atoms with Crippen LogP contribution in [0.2, 0.25) is 0 Å². The minimum Gasteiger partial charge on any atom is -0.315 e. The normalized spacial score (nSPS) is 15.4. The maximum atomic E-state index is 5.52. The smallest absolute Gasteiger partial charge is 0.0678 e. The van der Waals surface area contributed by atoms with Crippen LogP contribution in [-0.2, 0) is 0 Å². The summed E-state index contributed by atoms with van der Waals surface area (Å²) in [6.45, 7) is 1.94. The third-order valence-electron chi connectivity index (χ3n) is 1.22. The van der Waals surface area contributed by atoms with Gasteiger partial charge in [0, 0.05) is 21.1 Å². The van der Waals surface area contributed by atoms with Crippen molar-refractivity contribution in [3.8, 4) is 0 Å². The lowest BCUT2D eigenvalue weighted by molar-refractivity contribution is 0.0197. The molecular weight excluding hydrogens is 102 g/mol. The quantitative estimate of drug-likeness (QED) is 0.398. The Hall–Kier alpha value is -0.120. The first-order valence-electron chi connectivity index (χ1n) is 2.71. The Morgan fingerprint density at radius 2 is 1.62 bits per heavy atom. The third-order valence-corrected chi connectivity index (χ3v) is 1.22. The second-order valence-electron chi connectivity index (χ2n) is 2.16. The van der Waals surface area contributed by atoms with Crippen LogP contribution in [0.4, 0.5) is 0 Å². The highest BCUT2D eigenvalue weighted by Crippen LogP contribution is 1.87. The van der Waals surface area contributed by atoms with E-state index in [2.05, 4.69) is 0 Å². The summed E-state index contributed by atoms with van der Waals surface area (Å²) in [6.07, 6.45) is 0.102. The first-order chi connectivity index (χ1) is 3.55. The SMILES string of the molecule is CC(N)N(C)N(C)C. The van der Waals surface area contributed by atoms with E-state index in [-0.39, 0.29) is 6.17 Å². The van der Waals surface area contributed by atoms with Crippen LogP contribution in [0.25, 0.3) is 0 Å². The zero-order valence-electron chi connectivity index (χ0n) is 6.05. The molecule has 3 heteroatoms. The Morgan fingerprint density at radius 3 is 1.62 bits per heavy atom. The Morgan fingerprint density at radius 1 is 1.25 bits per heavy atom. The van der Waals surface area contributed by atoms with E-state index in [1.54, 1.807) is 0 Å². The molecule has 1 unspecified atom stereocenters. The topological polar surface area (TPSA) is 32.5 Å². The van der Waals surface area contributed by atoms with Crippen molar-refractivity contribution in [2.45, 2.75) is 13.1 Å². The molecule has 0 spiro atoms. The molecule has 0 aliphatic rings. The van der Waals surface area contributed by atoms with Gasteiger partial charge in [0.05, 0.1) is 6.17 Å². The molecule has 0 saturated carbocycles. The van der Waals surface area contributed by atoms with Gasteiger partial charge in [0.25, 0.3) is 0 Å². The molecule has 1 atom stereocenters. The van der Waals surface area contributed by atoms with Crippen LogP contribution in [0.5, 0.6) is 0 Å².